The molecule has 2 N–H and O–H groups in total. The highest BCUT2D eigenvalue weighted by Gasteiger charge is 2.14. The number of amides is 2. The predicted molar refractivity (Wildman–Crippen MR) is 74.0 cm³/mol. The number of aliphatic hydroxyl groups is 1. The molecule has 2 amide bonds. The maximum absolute atomic E-state index is 12.2. The van der Waals surface area contributed by atoms with E-state index in [2.05, 4.69) is 5.32 Å². The molecule has 1 rings (SSSR count). The SMILES string of the molecule is CCCN(CCO)C(=O)c1ccc(NC(C)=O)cc1. The molecule has 0 aliphatic rings. The molecule has 0 atom stereocenters. The highest BCUT2D eigenvalue weighted by Crippen LogP contribution is 2.12. The first kappa shape index (κ1) is 15.2. The summed E-state index contributed by atoms with van der Waals surface area (Å²) in [5, 5.41) is 11.6. The smallest absolute Gasteiger partial charge is 0.253 e. The van der Waals surface area contributed by atoms with Gasteiger partial charge in [0.15, 0.2) is 0 Å². The molecule has 0 saturated carbocycles. The Bertz CT molecular complexity index is 423. The van der Waals surface area contributed by atoms with Crippen molar-refractivity contribution in [2.45, 2.75) is 20.3 Å². The molecule has 0 spiro atoms. The van der Waals surface area contributed by atoms with E-state index in [9.17, 15) is 9.59 Å². The maximum atomic E-state index is 12.2. The van der Waals surface area contributed by atoms with Crippen molar-refractivity contribution in [2.75, 3.05) is 25.0 Å². The molecular formula is C14H20N2O3. The van der Waals surface area contributed by atoms with Gasteiger partial charge in [-0.3, -0.25) is 9.59 Å². The summed E-state index contributed by atoms with van der Waals surface area (Å²) < 4.78 is 0. The molecule has 0 heterocycles. The molecule has 5 heteroatoms. The standard InChI is InChI=1S/C14H20N2O3/c1-3-8-16(9-10-17)14(19)12-4-6-13(7-5-12)15-11(2)18/h4-7,17H,3,8-10H2,1-2H3,(H,15,18). The van der Waals surface area contributed by atoms with Crippen LogP contribution in [0, 0.1) is 0 Å². The number of nitrogens with one attached hydrogen (secondary N) is 1. The number of anilines is 1. The van der Waals surface area contributed by atoms with Crippen LogP contribution in [0.2, 0.25) is 0 Å². The fraction of sp³-hybridized carbons (Fsp3) is 0.429. The van der Waals surface area contributed by atoms with Gasteiger partial charge in [-0.05, 0) is 30.7 Å². The van der Waals surface area contributed by atoms with E-state index in [1.807, 2.05) is 6.92 Å². The van der Waals surface area contributed by atoms with E-state index in [-0.39, 0.29) is 18.4 Å². The third-order valence-electron chi connectivity index (χ3n) is 2.60. The Balaban J connectivity index is 2.77. The zero-order valence-electron chi connectivity index (χ0n) is 11.3. The van der Waals surface area contributed by atoms with E-state index in [0.717, 1.165) is 6.42 Å². The Labute approximate surface area is 113 Å². The second-order valence-electron chi connectivity index (χ2n) is 4.27. The minimum absolute atomic E-state index is 0.0459. The lowest BCUT2D eigenvalue weighted by Gasteiger charge is -2.21. The topological polar surface area (TPSA) is 69.6 Å². The number of carbonyl (C=O) groups excluding carboxylic acids is 2. The molecule has 0 aliphatic carbocycles. The Morgan fingerprint density at radius 1 is 1.21 bits per heavy atom. The fourth-order valence-corrected chi connectivity index (χ4v) is 1.79. The molecule has 0 radical (unpaired) electrons. The van der Waals surface area contributed by atoms with E-state index >= 15 is 0 Å². The minimum Gasteiger partial charge on any atom is -0.395 e. The van der Waals surface area contributed by atoms with E-state index in [0.29, 0.717) is 24.3 Å². The largest absolute Gasteiger partial charge is 0.395 e. The first-order valence-electron chi connectivity index (χ1n) is 6.36. The van der Waals surface area contributed by atoms with Crippen LogP contribution in [0.25, 0.3) is 0 Å². The first-order chi connectivity index (χ1) is 9.08. The highest BCUT2D eigenvalue weighted by molar-refractivity contribution is 5.95. The molecule has 0 saturated heterocycles. The summed E-state index contributed by atoms with van der Waals surface area (Å²) in [6, 6.07) is 6.73. The van der Waals surface area contributed by atoms with Gasteiger partial charge in [0.2, 0.25) is 5.91 Å². The molecule has 0 aromatic heterocycles. The van der Waals surface area contributed by atoms with Gasteiger partial charge in [0, 0.05) is 31.3 Å². The van der Waals surface area contributed by atoms with Gasteiger partial charge in [0.25, 0.3) is 5.91 Å². The Morgan fingerprint density at radius 3 is 2.32 bits per heavy atom. The van der Waals surface area contributed by atoms with Gasteiger partial charge in [0.05, 0.1) is 6.61 Å². The van der Waals surface area contributed by atoms with Crippen LogP contribution in [0.4, 0.5) is 5.69 Å². The molecule has 104 valence electrons. The fourth-order valence-electron chi connectivity index (χ4n) is 1.79. The third kappa shape index (κ3) is 4.71. The Kier molecular flexibility index (Phi) is 6.02. The van der Waals surface area contributed by atoms with Crippen molar-refractivity contribution in [3.63, 3.8) is 0 Å². The van der Waals surface area contributed by atoms with Crippen molar-refractivity contribution < 1.29 is 14.7 Å². The average Bonchev–Trinajstić information content (AvgIpc) is 2.38. The zero-order valence-corrected chi connectivity index (χ0v) is 11.3. The number of nitrogens with zero attached hydrogens (tertiary/aromatic N) is 1. The minimum atomic E-state index is -0.146. The van der Waals surface area contributed by atoms with Gasteiger partial charge >= 0.3 is 0 Å². The predicted octanol–water partition coefficient (Wildman–Crippen LogP) is 1.49. The quantitative estimate of drug-likeness (QED) is 0.818. The molecular weight excluding hydrogens is 244 g/mol. The summed E-state index contributed by atoms with van der Waals surface area (Å²) in [6.45, 7) is 4.32. The van der Waals surface area contributed by atoms with Crippen molar-refractivity contribution in [1.29, 1.82) is 0 Å². The van der Waals surface area contributed by atoms with Crippen molar-refractivity contribution in [1.82, 2.24) is 4.90 Å². The normalized spacial score (nSPS) is 10.1. The van der Waals surface area contributed by atoms with E-state index < -0.39 is 0 Å². The number of benzene rings is 1. The summed E-state index contributed by atoms with van der Waals surface area (Å²) in [4.78, 5) is 24.7. The molecule has 19 heavy (non-hydrogen) atoms. The van der Waals surface area contributed by atoms with Crippen LogP contribution in [0.5, 0.6) is 0 Å². The average molecular weight is 264 g/mol. The van der Waals surface area contributed by atoms with Crippen LogP contribution >= 0.6 is 0 Å². The third-order valence-corrected chi connectivity index (χ3v) is 2.60. The second kappa shape index (κ2) is 7.53. The van der Waals surface area contributed by atoms with Crippen LogP contribution < -0.4 is 5.32 Å². The Morgan fingerprint density at radius 2 is 1.84 bits per heavy atom. The van der Waals surface area contributed by atoms with Crippen molar-refractivity contribution in [2.24, 2.45) is 0 Å². The number of aliphatic hydroxyl groups excluding tert-OH is 1. The molecule has 0 fully saturated rings. The van der Waals surface area contributed by atoms with Gasteiger partial charge in [0.1, 0.15) is 0 Å². The lowest BCUT2D eigenvalue weighted by Crippen LogP contribution is -2.34. The zero-order chi connectivity index (χ0) is 14.3. The number of hydrogen-bond acceptors (Lipinski definition) is 3. The van der Waals surface area contributed by atoms with Crippen molar-refractivity contribution in [3.05, 3.63) is 29.8 Å². The van der Waals surface area contributed by atoms with Gasteiger partial charge in [-0.2, -0.15) is 0 Å². The summed E-state index contributed by atoms with van der Waals surface area (Å²) >= 11 is 0. The van der Waals surface area contributed by atoms with Gasteiger partial charge < -0.3 is 15.3 Å². The Hall–Kier alpha value is -1.88. The number of rotatable bonds is 6. The lowest BCUT2D eigenvalue weighted by molar-refractivity contribution is -0.114. The van der Waals surface area contributed by atoms with E-state index in [4.69, 9.17) is 5.11 Å². The summed E-state index contributed by atoms with van der Waals surface area (Å²) in [5.41, 5.74) is 1.21. The molecule has 0 unspecified atom stereocenters. The second-order valence-corrected chi connectivity index (χ2v) is 4.27. The molecule has 0 aliphatic heterocycles. The number of carbonyl (C=O) groups is 2. The van der Waals surface area contributed by atoms with Gasteiger partial charge in [-0.1, -0.05) is 6.92 Å². The van der Waals surface area contributed by atoms with Crippen LogP contribution in [0.1, 0.15) is 30.6 Å². The van der Waals surface area contributed by atoms with Crippen LogP contribution in [0.3, 0.4) is 0 Å². The first-order valence-corrected chi connectivity index (χ1v) is 6.36. The monoisotopic (exact) mass is 264 g/mol. The highest BCUT2D eigenvalue weighted by atomic mass is 16.3. The van der Waals surface area contributed by atoms with E-state index in [1.54, 1.807) is 29.2 Å². The summed E-state index contributed by atoms with van der Waals surface area (Å²) in [5.74, 6) is -0.253. The molecule has 0 bridgehead atoms. The van der Waals surface area contributed by atoms with Crippen LogP contribution in [0.15, 0.2) is 24.3 Å². The maximum Gasteiger partial charge on any atom is 0.253 e. The summed E-state index contributed by atoms with van der Waals surface area (Å²) in [7, 11) is 0. The summed E-state index contributed by atoms with van der Waals surface area (Å²) in [6.07, 6.45) is 0.843. The van der Waals surface area contributed by atoms with Gasteiger partial charge in [-0.25, -0.2) is 0 Å². The van der Waals surface area contributed by atoms with Crippen LogP contribution in [-0.4, -0.2) is 41.5 Å². The van der Waals surface area contributed by atoms with Crippen molar-refractivity contribution >= 4 is 17.5 Å². The van der Waals surface area contributed by atoms with E-state index in [1.165, 1.54) is 6.92 Å². The number of hydrogen-bond donors (Lipinski definition) is 2. The van der Waals surface area contributed by atoms with Crippen molar-refractivity contribution in [3.8, 4) is 0 Å². The van der Waals surface area contributed by atoms with Crippen LogP contribution in [-0.2, 0) is 4.79 Å². The molecule has 1 aromatic rings. The molecule has 5 nitrogen and oxygen atoms in total. The van der Waals surface area contributed by atoms with Gasteiger partial charge in [-0.15, -0.1) is 0 Å². The molecule has 1 aromatic carbocycles. The lowest BCUT2D eigenvalue weighted by atomic mass is 10.1.